The first-order chi connectivity index (χ1) is 9.33. The van der Waals surface area contributed by atoms with Crippen LogP contribution in [0.15, 0.2) is 18.2 Å². The molecule has 0 aromatic heterocycles. The number of benzene rings is 1. The molecular formula is C14H17F3O3. The number of rotatable bonds is 7. The van der Waals surface area contributed by atoms with E-state index in [-0.39, 0.29) is 25.4 Å². The Balaban J connectivity index is 2.53. The summed E-state index contributed by atoms with van der Waals surface area (Å²) in [4.78, 5) is 11.3. The average molecular weight is 290 g/mol. The summed E-state index contributed by atoms with van der Waals surface area (Å²) in [6.07, 6.45) is -5.11. The largest absolute Gasteiger partial charge is 0.496 e. The van der Waals surface area contributed by atoms with E-state index in [0.29, 0.717) is 16.9 Å². The van der Waals surface area contributed by atoms with Crippen molar-refractivity contribution < 1.29 is 27.4 Å². The highest BCUT2D eigenvalue weighted by atomic mass is 19.4. The molecule has 0 heterocycles. The lowest BCUT2D eigenvalue weighted by Gasteiger charge is -2.11. The van der Waals surface area contributed by atoms with Crippen LogP contribution in [0.25, 0.3) is 0 Å². The summed E-state index contributed by atoms with van der Waals surface area (Å²) in [6, 6.07) is 4.91. The van der Waals surface area contributed by atoms with Crippen molar-refractivity contribution in [3.63, 3.8) is 0 Å². The lowest BCUT2D eigenvalue weighted by Crippen LogP contribution is -2.09. The zero-order chi connectivity index (χ0) is 15.2. The van der Waals surface area contributed by atoms with Gasteiger partial charge in [0, 0.05) is 24.2 Å². The molecule has 0 saturated heterocycles. The van der Waals surface area contributed by atoms with Crippen LogP contribution in [0.2, 0.25) is 0 Å². The molecule has 0 radical (unpaired) electrons. The van der Waals surface area contributed by atoms with Gasteiger partial charge in [-0.05, 0) is 31.5 Å². The van der Waals surface area contributed by atoms with E-state index in [0.717, 1.165) is 0 Å². The number of alkyl halides is 3. The van der Waals surface area contributed by atoms with Gasteiger partial charge >= 0.3 is 6.18 Å². The first kappa shape index (κ1) is 16.5. The van der Waals surface area contributed by atoms with Crippen LogP contribution in [-0.4, -0.2) is 25.7 Å². The van der Waals surface area contributed by atoms with Crippen molar-refractivity contribution in [1.82, 2.24) is 0 Å². The van der Waals surface area contributed by atoms with E-state index < -0.39 is 12.6 Å². The third kappa shape index (κ3) is 5.61. The third-order valence-corrected chi connectivity index (χ3v) is 2.69. The van der Waals surface area contributed by atoms with Crippen LogP contribution in [0.1, 0.15) is 35.7 Å². The lowest BCUT2D eigenvalue weighted by molar-refractivity contribution is -0.138. The Morgan fingerprint density at radius 3 is 2.55 bits per heavy atom. The Bertz CT molecular complexity index is 455. The second kappa shape index (κ2) is 7.28. The van der Waals surface area contributed by atoms with Crippen molar-refractivity contribution in [1.29, 1.82) is 0 Å². The Labute approximate surface area is 115 Å². The number of ketones is 1. The maximum absolute atomic E-state index is 12.0. The van der Waals surface area contributed by atoms with Gasteiger partial charge in [-0.1, -0.05) is 0 Å². The van der Waals surface area contributed by atoms with Crippen LogP contribution in [0.5, 0.6) is 5.75 Å². The maximum Gasteiger partial charge on any atom is 0.389 e. The zero-order valence-corrected chi connectivity index (χ0v) is 11.4. The normalized spacial score (nSPS) is 11.4. The molecule has 0 aliphatic rings. The van der Waals surface area contributed by atoms with Crippen LogP contribution >= 0.6 is 0 Å². The molecule has 0 saturated carbocycles. The number of methoxy groups -OCH3 is 1. The van der Waals surface area contributed by atoms with Crippen LogP contribution in [0.3, 0.4) is 0 Å². The van der Waals surface area contributed by atoms with Crippen LogP contribution in [-0.2, 0) is 11.3 Å². The highest BCUT2D eigenvalue weighted by Gasteiger charge is 2.25. The Kier molecular flexibility index (Phi) is 6.01. The average Bonchev–Trinajstić information content (AvgIpc) is 2.36. The molecule has 112 valence electrons. The monoisotopic (exact) mass is 290 g/mol. The zero-order valence-electron chi connectivity index (χ0n) is 11.4. The molecule has 0 amide bonds. The Hall–Kier alpha value is -1.56. The fourth-order valence-electron chi connectivity index (χ4n) is 1.67. The number of carbonyl (C=O) groups is 1. The Morgan fingerprint density at radius 1 is 1.30 bits per heavy atom. The molecule has 0 atom stereocenters. The van der Waals surface area contributed by atoms with Crippen molar-refractivity contribution in [2.24, 2.45) is 0 Å². The summed E-state index contributed by atoms with van der Waals surface area (Å²) < 4.78 is 46.2. The molecule has 20 heavy (non-hydrogen) atoms. The minimum absolute atomic E-state index is 0.00691. The molecule has 0 N–H and O–H groups in total. The van der Waals surface area contributed by atoms with E-state index in [2.05, 4.69) is 0 Å². The third-order valence-electron chi connectivity index (χ3n) is 2.69. The first-order valence-corrected chi connectivity index (χ1v) is 6.16. The summed E-state index contributed by atoms with van der Waals surface area (Å²) in [5.41, 5.74) is 1.16. The van der Waals surface area contributed by atoms with E-state index in [1.165, 1.54) is 14.0 Å². The molecule has 0 unspecified atom stereocenters. The predicted molar refractivity (Wildman–Crippen MR) is 67.9 cm³/mol. The fourth-order valence-corrected chi connectivity index (χ4v) is 1.67. The van der Waals surface area contributed by atoms with Gasteiger partial charge in [0.05, 0.1) is 13.7 Å². The first-order valence-electron chi connectivity index (χ1n) is 6.16. The summed E-state index contributed by atoms with van der Waals surface area (Å²) in [6.45, 7) is 1.56. The molecule has 1 rings (SSSR count). The van der Waals surface area contributed by atoms with E-state index in [9.17, 15) is 18.0 Å². The van der Waals surface area contributed by atoms with Crippen molar-refractivity contribution in [2.45, 2.75) is 32.5 Å². The van der Waals surface area contributed by atoms with E-state index in [1.807, 2.05) is 0 Å². The van der Waals surface area contributed by atoms with Gasteiger partial charge in [0.25, 0.3) is 0 Å². The topological polar surface area (TPSA) is 35.5 Å². The minimum atomic E-state index is -4.16. The van der Waals surface area contributed by atoms with Crippen molar-refractivity contribution in [2.75, 3.05) is 13.7 Å². The van der Waals surface area contributed by atoms with Gasteiger partial charge in [-0.25, -0.2) is 0 Å². The Morgan fingerprint density at radius 2 is 2.00 bits per heavy atom. The molecule has 0 bridgehead atoms. The fraction of sp³-hybridized carbons (Fsp3) is 0.500. The number of ether oxygens (including phenoxy) is 2. The summed E-state index contributed by atoms with van der Waals surface area (Å²) in [5.74, 6) is 0.455. The van der Waals surface area contributed by atoms with Gasteiger partial charge in [0.2, 0.25) is 0 Å². The van der Waals surface area contributed by atoms with Gasteiger partial charge in [-0.3, -0.25) is 4.79 Å². The van der Waals surface area contributed by atoms with Gasteiger partial charge in [0.15, 0.2) is 5.78 Å². The number of hydrogen-bond acceptors (Lipinski definition) is 3. The summed E-state index contributed by atoms with van der Waals surface area (Å²) in [5, 5.41) is 0. The minimum Gasteiger partial charge on any atom is -0.496 e. The lowest BCUT2D eigenvalue weighted by atomic mass is 10.1. The summed E-state index contributed by atoms with van der Waals surface area (Å²) in [7, 11) is 1.48. The van der Waals surface area contributed by atoms with E-state index >= 15 is 0 Å². The van der Waals surface area contributed by atoms with Crippen molar-refractivity contribution in [3.8, 4) is 5.75 Å². The molecule has 3 nitrogen and oxygen atoms in total. The van der Waals surface area contributed by atoms with E-state index in [4.69, 9.17) is 9.47 Å². The highest BCUT2D eigenvalue weighted by Crippen LogP contribution is 2.23. The summed E-state index contributed by atoms with van der Waals surface area (Å²) >= 11 is 0. The predicted octanol–water partition coefficient (Wildman–Crippen LogP) is 3.76. The van der Waals surface area contributed by atoms with E-state index in [1.54, 1.807) is 18.2 Å². The molecular weight excluding hydrogens is 273 g/mol. The molecule has 0 aliphatic heterocycles. The van der Waals surface area contributed by atoms with Crippen molar-refractivity contribution in [3.05, 3.63) is 29.3 Å². The molecule has 6 heteroatoms. The molecule has 1 aromatic rings. The number of halogens is 3. The standard InChI is InChI=1S/C14H17F3O3/c1-10(18)11-4-5-13(19-2)12(8-11)9-20-7-3-6-14(15,16)17/h4-5,8H,3,6-7,9H2,1-2H3. The van der Waals surface area contributed by atoms with Gasteiger partial charge in [-0.15, -0.1) is 0 Å². The van der Waals surface area contributed by atoms with Gasteiger partial charge in [0.1, 0.15) is 5.75 Å². The van der Waals surface area contributed by atoms with Crippen LogP contribution in [0, 0.1) is 0 Å². The maximum atomic E-state index is 12.0. The van der Waals surface area contributed by atoms with Gasteiger partial charge in [-0.2, -0.15) is 13.2 Å². The molecule has 0 spiro atoms. The molecule has 0 aliphatic carbocycles. The quantitative estimate of drug-likeness (QED) is 0.566. The molecule has 1 aromatic carbocycles. The second-order valence-corrected chi connectivity index (χ2v) is 4.35. The molecule has 0 fully saturated rings. The number of Topliss-reactive ketones (excluding diaryl/α,β-unsaturated/α-hetero) is 1. The number of carbonyl (C=O) groups excluding carboxylic acids is 1. The SMILES string of the molecule is COc1ccc(C(C)=O)cc1COCCCC(F)(F)F. The van der Waals surface area contributed by atoms with Crippen molar-refractivity contribution >= 4 is 5.78 Å². The smallest absolute Gasteiger partial charge is 0.389 e. The van der Waals surface area contributed by atoms with Crippen LogP contribution < -0.4 is 4.74 Å². The second-order valence-electron chi connectivity index (χ2n) is 4.35. The van der Waals surface area contributed by atoms with Crippen LogP contribution in [0.4, 0.5) is 13.2 Å². The van der Waals surface area contributed by atoms with Gasteiger partial charge < -0.3 is 9.47 Å². The number of hydrogen-bond donors (Lipinski definition) is 0. The highest BCUT2D eigenvalue weighted by molar-refractivity contribution is 5.94.